The smallest absolute Gasteiger partial charge is 0.173 e. The number of halogens is 1. The number of hydrogen-bond acceptors (Lipinski definition) is 2. The number of pyridine rings is 1. The van der Waals surface area contributed by atoms with Crippen LogP contribution in [0.3, 0.4) is 0 Å². The van der Waals surface area contributed by atoms with Crippen LogP contribution in [0, 0.1) is 5.82 Å². The van der Waals surface area contributed by atoms with Gasteiger partial charge in [-0.2, -0.15) is 0 Å². The van der Waals surface area contributed by atoms with Crippen molar-refractivity contribution in [2.45, 2.75) is 13.3 Å². The second kappa shape index (κ2) is 3.21. The number of carbonyl (C=O) groups excluding carboxylic acids is 1. The van der Waals surface area contributed by atoms with E-state index in [4.69, 9.17) is 0 Å². The van der Waals surface area contributed by atoms with Crippen LogP contribution in [0.4, 0.5) is 4.39 Å². The molecule has 0 aliphatic heterocycles. The van der Waals surface area contributed by atoms with E-state index in [1.54, 1.807) is 22.9 Å². The van der Waals surface area contributed by atoms with Crippen molar-refractivity contribution < 1.29 is 9.18 Å². The lowest BCUT2D eigenvalue weighted by atomic mass is 10.2. The fraction of sp³-hybridized carbons (Fsp3) is 0.200. The summed E-state index contributed by atoms with van der Waals surface area (Å²) in [4.78, 5) is 14.9. The van der Waals surface area contributed by atoms with E-state index >= 15 is 0 Å². The predicted octanol–water partition coefficient (Wildman–Crippen LogP) is 1.60. The van der Waals surface area contributed by atoms with Gasteiger partial charge >= 0.3 is 0 Å². The summed E-state index contributed by atoms with van der Waals surface area (Å²) in [6.45, 7) is 1.49. The first-order valence-electron chi connectivity index (χ1n) is 4.28. The predicted molar refractivity (Wildman–Crippen MR) is 49.5 cm³/mol. The minimum atomic E-state index is -0.373. The zero-order chi connectivity index (χ0) is 10.1. The van der Waals surface area contributed by atoms with Crippen molar-refractivity contribution in [1.82, 2.24) is 9.38 Å². The van der Waals surface area contributed by atoms with Crippen LogP contribution in [-0.4, -0.2) is 15.2 Å². The van der Waals surface area contributed by atoms with Gasteiger partial charge in [-0.25, -0.2) is 9.37 Å². The van der Waals surface area contributed by atoms with Crippen LogP contribution in [-0.2, 0) is 11.2 Å². The zero-order valence-electron chi connectivity index (χ0n) is 7.70. The Hall–Kier alpha value is -1.71. The minimum Gasteiger partial charge on any atom is -0.304 e. The van der Waals surface area contributed by atoms with Gasteiger partial charge in [0.05, 0.1) is 5.69 Å². The van der Waals surface area contributed by atoms with Crippen LogP contribution < -0.4 is 0 Å². The molecule has 0 atom stereocenters. The third kappa shape index (κ3) is 1.51. The van der Waals surface area contributed by atoms with Crippen molar-refractivity contribution in [3.8, 4) is 0 Å². The van der Waals surface area contributed by atoms with E-state index in [-0.39, 0.29) is 23.7 Å². The highest BCUT2D eigenvalue weighted by Crippen LogP contribution is 2.09. The highest BCUT2D eigenvalue weighted by atomic mass is 19.1. The monoisotopic (exact) mass is 192 g/mol. The Labute approximate surface area is 80.2 Å². The minimum absolute atomic E-state index is 0.0221. The summed E-state index contributed by atoms with van der Waals surface area (Å²) in [7, 11) is 0. The fourth-order valence-corrected chi connectivity index (χ4v) is 1.37. The normalized spacial score (nSPS) is 10.7. The second-order valence-corrected chi connectivity index (χ2v) is 3.20. The Balaban J connectivity index is 2.51. The summed E-state index contributed by atoms with van der Waals surface area (Å²) < 4.78 is 14.7. The number of nitrogens with zero attached hydrogens (tertiary/aromatic N) is 2. The van der Waals surface area contributed by atoms with Gasteiger partial charge < -0.3 is 4.40 Å². The number of Topliss-reactive ketones (excluding diaryl/α,β-unsaturated/α-hetero) is 1. The van der Waals surface area contributed by atoms with Crippen molar-refractivity contribution >= 4 is 11.4 Å². The number of fused-ring (bicyclic) bond motifs is 1. The maximum absolute atomic E-state index is 13.2. The molecule has 0 N–H and O–H groups in total. The average molecular weight is 192 g/mol. The van der Waals surface area contributed by atoms with Gasteiger partial charge in [-0.1, -0.05) is 0 Å². The molecule has 2 heterocycles. The lowest BCUT2D eigenvalue weighted by Crippen LogP contribution is -1.95. The second-order valence-electron chi connectivity index (χ2n) is 3.20. The lowest BCUT2D eigenvalue weighted by molar-refractivity contribution is -0.116. The maximum atomic E-state index is 13.2. The topological polar surface area (TPSA) is 34.4 Å². The summed E-state index contributed by atoms with van der Waals surface area (Å²) in [5.41, 5.74) is 0.867. The van der Waals surface area contributed by atoms with E-state index in [1.807, 2.05) is 0 Å². The molecule has 0 aliphatic carbocycles. The van der Waals surface area contributed by atoms with E-state index < -0.39 is 0 Å². The molecule has 0 aromatic carbocycles. The molecule has 2 aromatic heterocycles. The molecule has 72 valence electrons. The van der Waals surface area contributed by atoms with E-state index in [0.717, 1.165) is 0 Å². The molecule has 0 fully saturated rings. The number of ketones is 1. The number of hydrogen-bond donors (Lipinski definition) is 0. The number of rotatable bonds is 2. The van der Waals surface area contributed by atoms with E-state index in [1.165, 1.54) is 13.0 Å². The van der Waals surface area contributed by atoms with Gasteiger partial charge in [-0.3, -0.25) is 4.79 Å². The Kier molecular flexibility index (Phi) is 2.04. The van der Waals surface area contributed by atoms with Gasteiger partial charge in [-0.15, -0.1) is 0 Å². The van der Waals surface area contributed by atoms with Gasteiger partial charge in [0.1, 0.15) is 5.78 Å². The highest BCUT2D eigenvalue weighted by Gasteiger charge is 2.06. The van der Waals surface area contributed by atoms with Crippen molar-refractivity contribution in [1.29, 1.82) is 0 Å². The summed E-state index contributed by atoms with van der Waals surface area (Å²) >= 11 is 0. The summed E-state index contributed by atoms with van der Waals surface area (Å²) in [5, 5.41) is 0. The average Bonchev–Trinajstić information content (AvgIpc) is 2.47. The first-order valence-corrected chi connectivity index (χ1v) is 4.28. The molecule has 2 aromatic rings. The summed E-state index contributed by atoms with van der Waals surface area (Å²) in [6, 6.07) is 2.95. The van der Waals surface area contributed by atoms with Gasteiger partial charge in [0.15, 0.2) is 11.5 Å². The number of imidazole rings is 1. The Morgan fingerprint density at radius 2 is 2.43 bits per heavy atom. The molecule has 0 bridgehead atoms. The van der Waals surface area contributed by atoms with Gasteiger partial charge in [0.2, 0.25) is 0 Å². The van der Waals surface area contributed by atoms with Crippen LogP contribution in [0.25, 0.3) is 5.65 Å². The van der Waals surface area contributed by atoms with Crippen molar-refractivity contribution in [3.63, 3.8) is 0 Å². The van der Waals surface area contributed by atoms with Gasteiger partial charge in [-0.05, 0) is 19.1 Å². The molecule has 14 heavy (non-hydrogen) atoms. The molecule has 0 saturated heterocycles. The SMILES string of the molecule is CC(=O)Cc1cn2cccc(F)c2n1. The molecular formula is C10H9FN2O. The quantitative estimate of drug-likeness (QED) is 0.724. The third-order valence-electron chi connectivity index (χ3n) is 1.92. The number of aromatic nitrogens is 2. The molecule has 0 spiro atoms. The molecule has 0 aliphatic rings. The summed E-state index contributed by atoms with van der Waals surface area (Å²) in [5.74, 6) is -0.351. The molecule has 0 unspecified atom stereocenters. The van der Waals surface area contributed by atoms with Gasteiger partial charge in [0.25, 0.3) is 0 Å². The Bertz CT molecular complexity index is 490. The van der Waals surface area contributed by atoms with E-state index in [9.17, 15) is 9.18 Å². The Morgan fingerprint density at radius 3 is 3.07 bits per heavy atom. The highest BCUT2D eigenvalue weighted by molar-refractivity contribution is 5.77. The molecule has 0 saturated carbocycles. The van der Waals surface area contributed by atoms with Crippen LogP contribution in [0.5, 0.6) is 0 Å². The van der Waals surface area contributed by atoms with Crippen molar-refractivity contribution in [3.05, 3.63) is 36.0 Å². The third-order valence-corrected chi connectivity index (χ3v) is 1.92. The molecule has 3 nitrogen and oxygen atoms in total. The first-order chi connectivity index (χ1) is 6.66. The van der Waals surface area contributed by atoms with Crippen LogP contribution in [0.2, 0.25) is 0 Å². The van der Waals surface area contributed by atoms with Crippen molar-refractivity contribution in [2.24, 2.45) is 0 Å². The van der Waals surface area contributed by atoms with Crippen LogP contribution in [0.1, 0.15) is 12.6 Å². The van der Waals surface area contributed by atoms with Gasteiger partial charge in [0, 0.05) is 18.8 Å². The van der Waals surface area contributed by atoms with E-state index in [0.29, 0.717) is 5.69 Å². The number of carbonyl (C=O) groups is 1. The first kappa shape index (κ1) is 8.87. The van der Waals surface area contributed by atoms with Crippen molar-refractivity contribution in [2.75, 3.05) is 0 Å². The molecule has 0 amide bonds. The largest absolute Gasteiger partial charge is 0.304 e. The van der Waals surface area contributed by atoms with Crippen LogP contribution >= 0.6 is 0 Å². The van der Waals surface area contributed by atoms with Crippen LogP contribution in [0.15, 0.2) is 24.5 Å². The zero-order valence-corrected chi connectivity index (χ0v) is 7.70. The standard InChI is InChI=1S/C10H9FN2O/c1-7(14)5-8-6-13-4-2-3-9(11)10(13)12-8/h2-4,6H,5H2,1H3. The fourth-order valence-electron chi connectivity index (χ4n) is 1.37. The molecule has 2 rings (SSSR count). The Morgan fingerprint density at radius 1 is 1.64 bits per heavy atom. The van der Waals surface area contributed by atoms with E-state index in [2.05, 4.69) is 4.98 Å². The molecule has 4 heteroatoms. The lowest BCUT2D eigenvalue weighted by Gasteiger charge is -1.90. The maximum Gasteiger partial charge on any atom is 0.173 e. The summed E-state index contributed by atoms with van der Waals surface area (Å²) in [6.07, 6.45) is 3.62. The molecule has 0 radical (unpaired) electrons. The molecular weight excluding hydrogens is 183 g/mol.